The third-order valence-electron chi connectivity index (χ3n) is 4.79. The molecule has 4 nitrogen and oxygen atoms in total. The molecule has 0 fully saturated rings. The first kappa shape index (κ1) is 21.2. The maximum atomic E-state index is 12.5. The van der Waals surface area contributed by atoms with Crippen LogP contribution in [0.1, 0.15) is 25.3 Å². The molecule has 4 heteroatoms. The van der Waals surface area contributed by atoms with Crippen LogP contribution in [0.5, 0.6) is 17.2 Å². The molecule has 0 saturated heterocycles. The van der Waals surface area contributed by atoms with Crippen LogP contribution in [-0.4, -0.2) is 19.7 Å². The molecule has 0 spiro atoms. The molecule has 0 aliphatic heterocycles. The van der Waals surface area contributed by atoms with Crippen molar-refractivity contribution >= 4 is 5.97 Å². The number of carbonyl (C=O) groups is 1. The van der Waals surface area contributed by atoms with Gasteiger partial charge in [-0.3, -0.25) is 4.79 Å². The van der Waals surface area contributed by atoms with Gasteiger partial charge in [0.25, 0.3) is 0 Å². The highest BCUT2D eigenvalue weighted by Gasteiger charge is 2.18. The molecule has 0 unspecified atom stereocenters. The van der Waals surface area contributed by atoms with Crippen LogP contribution in [0.3, 0.4) is 0 Å². The van der Waals surface area contributed by atoms with Gasteiger partial charge in [0, 0.05) is 0 Å². The van der Waals surface area contributed by atoms with Crippen LogP contribution < -0.4 is 14.2 Å². The second-order valence-corrected chi connectivity index (χ2v) is 6.85. The normalized spacial score (nSPS) is 11.8. The first-order valence-electron chi connectivity index (χ1n) is 9.91. The lowest BCUT2D eigenvalue weighted by atomic mass is 10.0. The number of hydrogen-bond donors (Lipinski definition) is 0. The van der Waals surface area contributed by atoms with Crippen molar-refractivity contribution in [3.05, 3.63) is 90.5 Å². The Kier molecular flexibility index (Phi) is 7.28. The SMILES string of the molecule is C/C=C/COc1ccc(-c2ccc(OC(=O)[C@@H](C)c3cccc(OC)c3)cc2)cc1. The van der Waals surface area contributed by atoms with Crippen molar-refractivity contribution in [3.8, 4) is 28.4 Å². The topological polar surface area (TPSA) is 44.8 Å². The highest BCUT2D eigenvalue weighted by atomic mass is 16.5. The minimum atomic E-state index is -0.394. The molecule has 0 N–H and O–H groups in total. The summed E-state index contributed by atoms with van der Waals surface area (Å²) in [6, 6.07) is 22.9. The van der Waals surface area contributed by atoms with E-state index in [9.17, 15) is 4.79 Å². The molecule has 0 aromatic heterocycles. The fraction of sp³-hybridized carbons (Fsp3) is 0.192. The third kappa shape index (κ3) is 5.51. The van der Waals surface area contributed by atoms with E-state index < -0.39 is 5.92 Å². The maximum absolute atomic E-state index is 12.5. The quantitative estimate of drug-likeness (QED) is 0.262. The molecule has 0 bridgehead atoms. The lowest BCUT2D eigenvalue weighted by Gasteiger charge is -2.13. The van der Waals surface area contributed by atoms with Crippen molar-refractivity contribution in [1.29, 1.82) is 0 Å². The van der Waals surface area contributed by atoms with Gasteiger partial charge < -0.3 is 14.2 Å². The molecule has 0 heterocycles. The number of esters is 1. The standard InChI is InChI=1S/C26H26O4/c1-4-5-17-29-23-13-9-20(10-14-23)21-11-15-24(16-12-21)30-26(27)19(2)22-7-6-8-25(18-22)28-3/h4-16,18-19H,17H2,1-3H3/b5-4+/t19-/m0/s1. The maximum Gasteiger partial charge on any atom is 0.318 e. The van der Waals surface area contributed by atoms with Gasteiger partial charge in [-0.25, -0.2) is 0 Å². The summed E-state index contributed by atoms with van der Waals surface area (Å²) in [5, 5.41) is 0. The van der Waals surface area contributed by atoms with E-state index in [0.29, 0.717) is 12.4 Å². The van der Waals surface area contributed by atoms with Crippen molar-refractivity contribution in [2.24, 2.45) is 0 Å². The average Bonchev–Trinajstić information content (AvgIpc) is 2.80. The highest BCUT2D eigenvalue weighted by molar-refractivity contribution is 5.80. The summed E-state index contributed by atoms with van der Waals surface area (Å²) >= 11 is 0. The van der Waals surface area contributed by atoms with Crippen LogP contribution in [0.4, 0.5) is 0 Å². The second-order valence-electron chi connectivity index (χ2n) is 6.85. The first-order valence-corrected chi connectivity index (χ1v) is 9.91. The summed E-state index contributed by atoms with van der Waals surface area (Å²) in [6.45, 7) is 4.35. The van der Waals surface area contributed by atoms with Crippen LogP contribution >= 0.6 is 0 Å². The largest absolute Gasteiger partial charge is 0.497 e. The first-order chi connectivity index (χ1) is 14.6. The summed E-state index contributed by atoms with van der Waals surface area (Å²) in [4.78, 5) is 12.5. The Morgan fingerprint density at radius 2 is 1.53 bits per heavy atom. The Morgan fingerprint density at radius 1 is 0.900 bits per heavy atom. The van der Waals surface area contributed by atoms with Crippen LogP contribution in [-0.2, 0) is 4.79 Å². The smallest absolute Gasteiger partial charge is 0.318 e. The summed E-state index contributed by atoms with van der Waals surface area (Å²) in [5.74, 6) is 1.36. The van der Waals surface area contributed by atoms with Gasteiger partial charge in [0.1, 0.15) is 23.9 Å². The third-order valence-corrected chi connectivity index (χ3v) is 4.79. The molecule has 30 heavy (non-hydrogen) atoms. The molecule has 0 aliphatic rings. The Bertz CT molecular complexity index is 988. The van der Waals surface area contributed by atoms with Gasteiger partial charge in [-0.1, -0.05) is 48.6 Å². The minimum absolute atomic E-state index is 0.307. The van der Waals surface area contributed by atoms with Gasteiger partial charge >= 0.3 is 5.97 Å². The van der Waals surface area contributed by atoms with Crippen molar-refractivity contribution < 1.29 is 19.0 Å². The van der Waals surface area contributed by atoms with Crippen molar-refractivity contribution in [2.75, 3.05) is 13.7 Å². The van der Waals surface area contributed by atoms with E-state index in [2.05, 4.69) is 0 Å². The predicted molar refractivity (Wildman–Crippen MR) is 119 cm³/mol. The summed E-state index contributed by atoms with van der Waals surface area (Å²) < 4.78 is 16.4. The van der Waals surface area contributed by atoms with Gasteiger partial charge in [-0.2, -0.15) is 0 Å². The highest BCUT2D eigenvalue weighted by Crippen LogP contribution is 2.26. The monoisotopic (exact) mass is 402 g/mol. The average molecular weight is 402 g/mol. The number of ether oxygens (including phenoxy) is 3. The van der Waals surface area contributed by atoms with Gasteiger partial charge in [-0.05, 0) is 66.9 Å². The molecule has 0 saturated carbocycles. The molecule has 0 aliphatic carbocycles. The van der Waals surface area contributed by atoms with Gasteiger partial charge in [-0.15, -0.1) is 0 Å². The lowest BCUT2D eigenvalue weighted by molar-refractivity contribution is -0.135. The van der Waals surface area contributed by atoms with Crippen LogP contribution in [0.25, 0.3) is 11.1 Å². The fourth-order valence-corrected chi connectivity index (χ4v) is 2.95. The van der Waals surface area contributed by atoms with Crippen molar-refractivity contribution in [2.45, 2.75) is 19.8 Å². The van der Waals surface area contributed by atoms with E-state index >= 15 is 0 Å². The Morgan fingerprint density at radius 3 is 2.13 bits per heavy atom. The molecule has 3 aromatic rings. The van der Waals surface area contributed by atoms with E-state index in [-0.39, 0.29) is 5.97 Å². The summed E-state index contributed by atoms with van der Waals surface area (Å²) in [5.41, 5.74) is 2.96. The van der Waals surface area contributed by atoms with Crippen LogP contribution in [0.2, 0.25) is 0 Å². The number of rotatable bonds is 8. The van der Waals surface area contributed by atoms with Gasteiger partial charge in [0.15, 0.2) is 0 Å². The molecular weight excluding hydrogens is 376 g/mol. The molecule has 1 atom stereocenters. The van der Waals surface area contributed by atoms with E-state index in [1.807, 2.05) is 98.8 Å². The zero-order chi connectivity index (χ0) is 21.3. The fourth-order valence-electron chi connectivity index (χ4n) is 2.95. The van der Waals surface area contributed by atoms with Crippen molar-refractivity contribution in [3.63, 3.8) is 0 Å². The Labute approximate surface area is 177 Å². The van der Waals surface area contributed by atoms with Crippen LogP contribution in [0.15, 0.2) is 84.9 Å². The second kappa shape index (κ2) is 10.3. The predicted octanol–water partition coefficient (Wildman–Crippen LogP) is 6.03. The molecule has 3 aromatic carbocycles. The zero-order valence-electron chi connectivity index (χ0n) is 17.5. The minimum Gasteiger partial charge on any atom is -0.497 e. The number of methoxy groups -OCH3 is 1. The number of benzene rings is 3. The van der Waals surface area contributed by atoms with Gasteiger partial charge in [0.05, 0.1) is 13.0 Å². The zero-order valence-corrected chi connectivity index (χ0v) is 17.5. The van der Waals surface area contributed by atoms with E-state index in [0.717, 1.165) is 28.2 Å². The van der Waals surface area contributed by atoms with E-state index in [4.69, 9.17) is 14.2 Å². The molecule has 3 rings (SSSR count). The Hall–Kier alpha value is -3.53. The molecular formula is C26H26O4. The van der Waals surface area contributed by atoms with Gasteiger partial charge in [0.2, 0.25) is 0 Å². The molecule has 0 radical (unpaired) electrons. The number of hydrogen-bond acceptors (Lipinski definition) is 4. The number of carbonyl (C=O) groups excluding carboxylic acids is 1. The summed E-state index contributed by atoms with van der Waals surface area (Å²) in [6.07, 6.45) is 3.92. The van der Waals surface area contributed by atoms with E-state index in [1.54, 1.807) is 7.11 Å². The van der Waals surface area contributed by atoms with Crippen LogP contribution in [0, 0.1) is 0 Å². The lowest BCUT2D eigenvalue weighted by Crippen LogP contribution is -2.16. The van der Waals surface area contributed by atoms with Crippen molar-refractivity contribution in [1.82, 2.24) is 0 Å². The Balaban J connectivity index is 1.63. The molecule has 154 valence electrons. The number of allylic oxidation sites excluding steroid dienone is 1. The summed E-state index contributed by atoms with van der Waals surface area (Å²) in [7, 11) is 1.61. The molecule has 0 amide bonds. The van der Waals surface area contributed by atoms with E-state index in [1.165, 1.54) is 0 Å².